The van der Waals surface area contributed by atoms with Crippen LogP contribution in [0.4, 0.5) is 5.82 Å². The average Bonchev–Trinajstić information content (AvgIpc) is 2.97. The van der Waals surface area contributed by atoms with Gasteiger partial charge in [0.05, 0.1) is 11.9 Å². The van der Waals surface area contributed by atoms with E-state index in [1.165, 1.54) is 4.88 Å². The van der Waals surface area contributed by atoms with Gasteiger partial charge in [0.1, 0.15) is 5.82 Å². The Morgan fingerprint density at radius 1 is 1.29 bits per heavy atom. The van der Waals surface area contributed by atoms with Crippen LogP contribution in [0.2, 0.25) is 0 Å². The average molecular weight is 304 g/mol. The first-order chi connectivity index (χ1) is 10.1. The minimum absolute atomic E-state index is 0.395. The van der Waals surface area contributed by atoms with Crippen LogP contribution in [0.1, 0.15) is 31.3 Å². The summed E-state index contributed by atoms with van der Waals surface area (Å²) in [6.45, 7) is 7.24. The summed E-state index contributed by atoms with van der Waals surface area (Å²) in [6, 6.07) is 5.13. The van der Waals surface area contributed by atoms with E-state index in [1.54, 1.807) is 11.3 Å². The normalized spacial score (nSPS) is 12.6. The van der Waals surface area contributed by atoms with Gasteiger partial charge in [-0.05, 0) is 18.4 Å². The Hall–Kier alpha value is -1.46. The second-order valence-corrected chi connectivity index (χ2v) is 6.68. The van der Waals surface area contributed by atoms with Gasteiger partial charge in [0, 0.05) is 43.2 Å². The lowest BCUT2D eigenvalue weighted by Gasteiger charge is -2.25. The molecular formula is C16H24N4S. The van der Waals surface area contributed by atoms with Gasteiger partial charge in [-0.15, -0.1) is 11.3 Å². The van der Waals surface area contributed by atoms with Crippen molar-refractivity contribution in [2.75, 3.05) is 11.9 Å². The Labute approximate surface area is 131 Å². The van der Waals surface area contributed by atoms with Gasteiger partial charge < -0.3 is 10.2 Å². The largest absolute Gasteiger partial charge is 0.355 e. The SMILES string of the molecule is CC(C)NCc1cncc(N(C)C(C)Cc2cccs2)n1. The molecule has 1 unspecified atom stereocenters. The van der Waals surface area contributed by atoms with Crippen molar-refractivity contribution < 1.29 is 0 Å². The van der Waals surface area contributed by atoms with E-state index in [9.17, 15) is 0 Å². The van der Waals surface area contributed by atoms with E-state index in [4.69, 9.17) is 4.98 Å². The highest BCUT2D eigenvalue weighted by Crippen LogP contribution is 2.17. The third-order valence-corrected chi connectivity index (χ3v) is 4.36. The van der Waals surface area contributed by atoms with Gasteiger partial charge in [-0.2, -0.15) is 0 Å². The molecule has 0 spiro atoms. The fraction of sp³-hybridized carbons (Fsp3) is 0.500. The predicted molar refractivity (Wildman–Crippen MR) is 89.9 cm³/mol. The van der Waals surface area contributed by atoms with Gasteiger partial charge >= 0.3 is 0 Å². The lowest BCUT2D eigenvalue weighted by molar-refractivity contribution is 0.578. The van der Waals surface area contributed by atoms with Gasteiger partial charge in [-0.25, -0.2) is 4.98 Å². The molecule has 0 aromatic carbocycles. The maximum Gasteiger partial charge on any atom is 0.147 e. The first-order valence-electron chi connectivity index (χ1n) is 7.35. The van der Waals surface area contributed by atoms with Crippen LogP contribution in [0.3, 0.4) is 0 Å². The molecule has 5 heteroatoms. The number of nitrogens with zero attached hydrogens (tertiary/aromatic N) is 3. The minimum atomic E-state index is 0.395. The zero-order chi connectivity index (χ0) is 15.2. The third kappa shape index (κ3) is 4.79. The van der Waals surface area contributed by atoms with E-state index in [0.29, 0.717) is 12.1 Å². The molecule has 21 heavy (non-hydrogen) atoms. The van der Waals surface area contributed by atoms with Crippen molar-refractivity contribution in [1.82, 2.24) is 15.3 Å². The number of rotatable bonds is 7. The molecule has 1 atom stereocenters. The highest BCUT2D eigenvalue weighted by Gasteiger charge is 2.13. The molecule has 4 nitrogen and oxygen atoms in total. The Balaban J connectivity index is 2.00. The van der Waals surface area contributed by atoms with Crippen molar-refractivity contribution >= 4 is 17.2 Å². The van der Waals surface area contributed by atoms with E-state index < -0.39 is 0 Å². The molecule has 0 aliphatic heterocycles. The fourth-order valence-corrected chi connectivity index (χ4v) is 2.87. The van der Waals surface area contributed by atoms with Crippen LogP contribution in [0.15, 0.2) is 29.9 Å². The van der Waals surface area contributed by atoms with Gasteiger partial charge in [0.15, 0.2) is 0 Å². The van der Waals surface area contributed by atoms with E-state index in [0.717, 1.165) is 24.5 Å². The smallest absolute Gasteiger partial charge is 0.147 e. The highest BCUT2D eigenvalue weighted by atomic mass is 32.1. The minimum Gasteiger partial charge on any atom is -0.355 e. The molecule has 0 saturated carbocycles. The van der Waals surface area contributed by atoms with Crippen LogP contribution in [0, 0.1) is 0 Å². The second kappa shape index (κ2) is 7.52. The third-order valence-electron chi connectivity index (χ3n) is 3.46. The molecule has 0 radical (unpaired) electrons. The topological polar surface area (TPSA) is 41.1 Å². The van der Waals surface area contributed by atoms with Gasteiger partial charge in [0.2, 0.25) is 0 Å². The van der Waals surface area contributed by atoms with Gasteiger partial charge in [-0.1, -0.05) is 19.9 Å². The van der Waals surface area contributed by atoms with Crippen molar-refractivity contribution in [3.63, 3.8) is 0 Å². The summed E-state index contributed by atoms with van der Waals surface area (Å²) in [6.07, 6.45) is 4.70. The molecule has 2 aromatic heterocycles. The predicted octanol–water partition coefficient (Wildman–Crippen LogP) is 3.10. The number of thiophene rings is 1. The van der Waals surface area contributed by atoms with Crippen molar-refractivity contribution in [2.24, 2.45) is 0 Å². The molecule has 0 amide bonds. The van der Waals surface area contributed by atoms with Crippen molar-refractivity contribution in [2.45, 2.75) is 45.8 Å². The van der Waals surface area contributed by atoms with Crippen molar-refractivity contribution in [3.05, 3.63) is 40.5 Å². The van der Waals surface area contributed by atoms with Crippen LogP contribution in [0.5, 0.6) is 0 Å². The Morgan fingerprint density at radius 3 is 2.76 bits per heavy atom. The molecule has 2 rings (SSSR count). The van der Waals surface area contributed by atoms with E-state index in [-0.39, 0.29) is 0 Å². The number of hydrogen-bond acceptors (Lipinski definition) is 5. The Morgan fingerprint density at radius 2 is 2.10 bits per heavy atom. The summed E-state index contributed by atoms with van der Waals surface area (Å²) >= 11 is 1.81. The number of anilines is 1. The maximum atomic E-state index is 4.70. The molecule has 2 heterocycles. The lowest BCUT2D eigenvalue weighted by Crippen LogP contribution is -2.31. The molecule has 0 aliphatic rings. The van der Waals surface area contributed by atoms with E-state index in [2.05, 4.69) is 60.5 Å². The van der Waals surface area contributed by atoms with Gasteiger partial charge in [0.25, 0.3) is 0 Å². The molecule has 0 bridgehead atoms. The summed E-state index contributed by atoms with van der Waals surface area (Å²) in [5.74, 6) is 0.933. The zero-order valence-corrected chi connectivity index (χ0v) is 14.0. The Kier molecular flexibility index (Phi) is 5.70. The fourth-order valence-electron chi connectivity index (χ4n) is 2.04. The summed E-state index contributed by atoms with van der Waals surface area (Å²) in [5.41, 5.74) is 0.983. The molecule has 0 fully saturated rings. The number of aromatic nitrogens is 2. The van der Waals surface area contributed by atoms with Crippen LogP contribution in [-0.2, 0) is 13.0 Å². The van der Waals surface area contributed by atoms with Crippen LogP contribution < -0.4 is 10.2 Å². The summed E-state index contributed by atoms with van der Waals surface area (Å²) < 4.78 is 0. The van der Waals surface area contributed by atoms with E-state index in [1.807, 2.05) is 12.4 Å². The standard InChI is InChI=1S/C16H24N4S/c1-12(2)18-10-14-9-17-11-16(19-14)20(4)13(3)8-15-6-5-7-21-15/h5-7,9,11-13,18H,8,10H2,1-4H3. The lowest BCUT2D eigenvalue weighted by atomic mass is 10.2. The summed E-state index contributed by atoms with van der Waals surface area (Å²) in [5, 5.41) is 5.50. The molecular weight excluding hydrogens is 280 g/mol. The quantitative estimate of drug-likeness (QED) is 0.853. The number of likely N-dealkylation sites (N-methyl/N-ethyl adjacent to an activating group) is 1. The molecule has 2 aromatic rings. The van der Waals surface area contributed by atoms with Crippen molar-refractivity contribution in [3.8, 4) is 0 Å². The van der Waals surface area contributed by atoms with Crippen molar-refractivity contribution in [1.29, 1.82) is 0 Å². The summed E-state index contributed by atoms with van der Waals surface area (Å²) in [7, 11) is 2.09. The second-order valence-electron chi connectivity index (χ2n) is 5.65. The highest BCUT2D eigenvalue weighted by molar-refractivity contribution is 7.09. The van der Waals surface area contributed by atoms with Crippen LogP contribution in [-0.4, -0.2) is 29.1 Å². The maximum absolute atomic E-state index is 4.70. The van der Waals surface area contributed by atoms with Crippen LogP contribution >= 0.6 is 11.3 Å². The van der Waals surface area contributed by atoms with Gasteiger partial charge in [-0.3, -0.25) is 4.98 Å². The number of hydrogen-bond donors (Lipinski definition) is 1. The first kappa shape index (κ1) is 15.9. The molecule has 0 saturated heterocycles. The molecule has 0 aliphatic carbocycles. The number of nitrogens with one attached hydrogen (secondary N) is 1. The molecule has 1 N–H and O–H groups in total. The van der Waals surface area contributed by atoms with Crippen LogP contribution in [0.25, 0.3) is 0 Å². The monoisotopic (exact) mass is 304 g/mol. The Bertz CT molecular complexity index is 539. The first-order valence-corrected chi connectivity index (χ1v) is 8.23. The summed E-state index contributed by atoms with van der Waals surface area (Å²) in [4.78, 5) is 12.6. The van der Waals surface area contributed by atoms with E-state index >= 15 is 0 Å². The zero-order valence-electron chi connectivity index (χ0n) is 13.2. The molecule has 114 valence electrons.